The van der Waals surface area contributed by atoms with Crippen molar-refractivity contribution in [2.75, 3.05) is 13.1 Å². The van der Waals surface area contributed by atoms with E-state index in [1.54, 1.807) is 24.3 Å². The molecule has 2 rings (SSSR count). The summed E-state index contributed by atoms with van der Waals surface area (Å²) >= 11 is 0. The van der Waals surface area contributed by atoms with Crippen molar-refractivity contribution in [3.05, 3.63) is 59.7 Å². The number of phenolic OH excluding ortho intramolecular Hbond substituents is 2. The van der Waals surface area contributed by atoms with Gasteiger partial charge in [0.25, 0.3) is 0 Å². The summed E-state index contributed by atoms with van der Waals surface area (Å²) in [5.74, 6) is 0.582. The maximum absolute atomic E-state index is 9.60. The maximum Gasteiger partial charge on any atom is 0.120 e. The van der Waals surface area contributed by atoms with Crippen LogP contribution in [0.5, 0.6) is 11.5 Å². The second-order valence-electron chi connectivity index (χ2n) is 4.82. The first-order valence-corrected chi connectivity index (χ1v) is 7.22. The first kappa shape index (κ1) is 16.3. The summed E-state index contributed by atoms with van der Waals surface area (Å²) in [6.45, 7) is 2.53. The van der Waals surface area contributed by atoms with E-state index in [2.05, 4.69) is 21.7 Å². The van der Waals surface area contributed by atoms with E-state index in [-0.39, 0.29) is 0 Å². The van der Waals surface area contributed by atoms with Crippen molar-refractivity contribution >= 4 is 0 Å². The number of rotatable bonds is 9. The summed E-state index contributed by atoms with van der Waals surface area (Å²) in [7, 11) is 0. The van der Waals surface area contributed by atoms with Crippen molar-refractivity contribution in [2.45, 2.75) is 13.1 Å². The van der Waals surface area contributed by atoms with E-state index in [9.17, 15) is 10.2 Å². The predicted octanol–water partition coefficient (Wildman–Crippen LogP) is 0.986. The van der Waals surface area contributed by atoms with Gasteiger partial charge in [0.2, 0.25) is 0 Å². The average Bonchev–Trinajstić information content (AvgIpc) is 2.53. The molecule has 0 spiro atoms. The number of hydrogen-bond donors (Lipinski definition) is 6. The smallest absolute Gasteiger partial charge is 0.120 e. The van der Waals surface area contributed by atoms with Gasteiger partial charge in [-0.3, -0.25) is 21.7 Å². The van der Waals surface area contributed by atoms with Gasteiger partial charge in [0, 0.05) is 37.3 Å². The number of para-hydroxylation sites is 2. The van der Waals surface area contributed by atoms with Crippen LogP contribution in [0.15, 0.2) is 48.5 Å². The molecule has 6 heteroatoms. The number of phenols is 2. The van der Waals surface area contributed by atoms with Gasteiger partial charge in [0.15, 0.2) is 0 Å². The molecule has 2 aromatic carbocycles. The van der Waals surface area contributed by atoms with Crippen molar-refractivity contribution in [2.24, 2.45) is 0 Å². The Hall–Kier alpha value is -2.12. The van der Waals surface area contributed by atoms with Crippen molar-refractivity contribution in [3.8, 4) is 11.5 Å². The molecule has 0 aliphatic heterocycles. The lowest BCUT2D eigenvalue weighted by Crippen LogP contribution is -2.41. The molecule has 2 aromatic rings. The van der Waals surface area contributed by atoms with Crippen LogP contribution in [0, 0.1) is 0 Å². The molecule has 22 heavy (non-hydrogen) atoms. The number of aromatic hydroxyl groups is 2. The molecule has 0 aromatic heterocycles. The highest BCUT2D eigenvalue weighted by molar-refractivity contribution is 5.32. The monoisotopic (exact) mass is 302 g/mol. The molecule has 0 aliphatic carbocycles. The maximum atomic E-state index is 9.60. The molecular weight excluding hydrogens is 280 g/mol. The van der Waals surface area contributed by atoms with Gasteiger partial charge in [-0.25, -0.2) is 0 Å². The quantitative estimate of drug-likeness (QED) is 0.306. The Labute approximate surface area is 130 Å². The van der Waals surface area contributed by atoms with Crippen molar-refractivity contribution < 1.29 is 10.2 Å². The highest BCUT2D eigenvalue weighted by Crippen LogP contribution is 2.15. The molecule has 0 fully saturated rings. The van der Waals surface area contributed by atoms with Crippen molar-refractivity contribution in [3.63, 3.8) is 0 Å². The minimum absolute atomic E-state index is 0.291. The third kappa shape index (κ3) is 5.34. The summed E-state index contributed by atoms with van der Waals surface area (Å²) in [5, 5.41) is 19.2. The van der Waals surface area contributed by atoms with E-state index in [1.807, 2.05) is 24.3 Å². The SMILES string of the molecule is Oc1ccccc1CNNCCNNCc1ccccc1O. The molecule has 0 aliphatic rings. The number of hydrazine groups is 2. The minimum Gasteiger partial charge on any atom is -0.508 e. The van der Waals surface area contributed by atoms with Crippen LogP contribution in [0.2, 0.25) is 0 Å². The van der Waals surface area contributed by atoms with Gasteiger partial charge in [-0.2, -0.15) is 0 Å². The predicted molar refractivity (Wildman–Crippen MR) is 85.9 cm³/mol. The zero-order chi connectivity index (χ0) is 15.6. The van der Waals surface area contributed by atoms with Crippen LogP contribution in [0.4, 0.5) is 0 Å². The summed E-state index contributed by atoms with van der Waals surface area (Å²) in [5.41, 5.74) is 13.9. The Morgan fingerprint density at radius 2 is 1.00 bits per heavy atom. The van der Waals surface area contributed by atoms with Gasteiger partial charge in [-0.1, -0.05) is 36.4 Å². The van der Waals surface area contributed by atoms with Crippen LogP contribution < -0.4 is 21.7 Å². The third-order valence-corrected chi connectivity index (χ3v) is 3.17. The molecule has 6 N–H and O–H groups in total. The Morgan fingerprint density at radius 3 is 1.41 bits per heavy atom. The van der Waals surface area contributed by atoms with Gasteiger partial charge >= 0.3 is 0 Å². The molecule has 0 saturated heterocycles. The zero-order valence-corrected chi connectivity index (χ0v) is 12.3. The second-order valence-corrected chi connectivity index (χ2v) is 4.82. The molecule has 0 unspecified atom stereocenters. The minimum atomic E-state index is 0.291. The number of benzene rings is 2. The summed E-state index contributed by atoms with van der Waals surface area (Å²) < 4.78 is 0. The fourth-order valence-electron chi connectivity index (χ4n) is 1.94. The van der Waals surface area contributed by atoms with Crippen LogP contribution in [0.1, 0.15) is 11.1 Å². The Morgan fingerprint density at radius 1 is 0.591 bits per heavy atom. The highest BCUT2D eigenvalue weighted by atomic mass is 16.3. The van der Waals surface area contributed by atoms with E-state index in [1.165, 1.54) is 0 Å². The molecule has 0 saturated carbocycles. The summed E-state index contributed by atoms with van der Waals surface area (Å²) in [6, 6.07) is 14.5. The highest BCUT2D eigenvalue weighted by Gasteiger charge is 1.99. The number of nitrogens with one attached hydrogen (secondary N) is 4. The van der Waals surface area contributed by atoms with Crippen LogP contribution in [0.3, 0.4) is 0 Å². The zero-order valence-electron chi connectivity index (χ0n) is 12.3. The van der Waals surface area contributed by atoms with Crippen LogP contribution in [-0.2, 0) is 13.1 Å². The Kier molecular flexibility index (Phi) is 6.66. The molecule has 6 nitrogen and oxygen atoms in total. The third-order valence-electron chi connectivity index (χ3n) is 3.17. The molecular formula is C16H22N4O2. The van der Waals surface area contributed by atoms with Crippen LogP contribution >= 0.6 is 0 Å². The average molecular weight is 302 g/mol. The van der Waals surface area contributed by atoms with Crippen molar-refractivity contribution in [1.29, 1.82) is 0 Å². The lowest BCUT2D eigenvalue weighted by atomic mass is 10.2. The van der Waals surface area contributed by atoms with Crippen LogP contribution in [-0.4, -0.2) is 23.3 Å². The lowest BCUT2D eigenvalue weighted by Gasteiger charge is -2.10. The van der Waals surface area contributed by atoms with Gasteiger partial charge < -0.3 is 10.2 Å². The molecule has 0 heterocycles. The molecule has 118 valence electrons. The van der Waals surface area contributed by atoms with E-state index in [0.29, 0.717) is 37.7 Å². The van der Waals surface area contributed by atoms with Crippen molar-refractivity contribution in [1.82, 2.24) is 21.7 Å². The van der Waals surface area contributed by atoms with Gasteiger partial charge in [0.05, 0.1) is 0 Å². The van der Waals surface area contributed by atoms with Gasteiger partial charge in [-0.15, -0.1) is 0 Å². The lowest BCUT2D eigenvalue weighted by molar-refractivity contribution is 0.441. The van der Waals surface area contributed by atoms with Gasteiger partial charge in [-0.05, 0) is 12.1 Å². The topological polar surface area (TPSA) is 88.6 Å². The summed E-state index contributed by atoms with van der Waals surface area (Å²) in [4.78, 5) is 0. The summed E-state index contributed by atoms with van der Waals surface area (Å²) in [6.07, 6.45) is 0. The van der Waals surface area contributed by atoms with Gasteiger partial charge in [0.1, 0.15) is 11.5 Å². The number of hydrogen-bond acceptors (Lipinski definition) is 6. The Balaban J connectivity index is 1.51. The normalized spacial score (nSPS) is 10.7. The standard InChI is InChI=1S/C16H22N4O2/c21-15-7-3-1-5-13(15)11-19-17-9-10-18-20-12-14-6-2-4-8-16(14)22/h1-8,17-22H,9-12H2. The van der Waals surface area contributed by atoms with Crippen LogP contribution in [0.25, 0.3) is 0 Å². The molecule has 0 bridgehead atoms. The first-order chi connectivity index (χ1) is 10.8. The fourth-order valence-corrected chi connectivity index (χ4v) is 1.94. The van der Waals surface area contributed by atoms with E-state index in [0.717, 1.165) is 11.1 Å². The van der Waals surface area contributed by atoms with E-state index >= 15 is 0 Å². The second kappa shape index (κ2) is 9.01. The Bertz CT molecular complexity index is 526. The fraction of sp³-hybridized carbons (Fsp3) is 0.250. The molecule has 0 radical (unpaired) electrons. The molecule has 0 amide bonds. The van der Waals surface area contributed by atoms with E-state index in [4.69, 9.17) is 0 Å². The molecule has 0 atom stereocenters. The first-order valence-electron chi connectivity index (χ1n) is 7.22. The van der Waals surface area contributed by atoms with E-state index < -0.39 is 0 Å². The largest absolute Gasteiger partial charge is 0.508 e.